The van der Waals surface area contributed by atoms with Crippen LogP contribution in [0.3, 0.4) is 0 Å². The molecule has 1 aliphatic heterocycles. The maximum absolute atomic E-state index is 12.1. The van der Waals surface area contributed by atoms with E-state index in [-0.39, 0.29) is 17.7 Å². The second kappa shape index (κ2) is 9.88. The molecule has 156 valence electrons. The molecule has 0 aromatic heterocycles. The van der Waals surface area contributed by atoms with Crippen LogP contribution in [0.2, 0.25) is 10.0 Å². The number of carboxylic acids is 1. The third kappa shape index (κ3) is 5.69. The first kappa shape index (κ1) is 22.0. The molecule has 0 aliphatic carbocycles. The summed E-state index contributed by atoms with van der Waals surface area (Å²) in [4.78, 5) is 26.9. The van der Waals surface area contributed by atoms with Crippen molar-refractivity contribution in [3.8, 4) is 11.5 Å². The van der Waals surface area contributed by atoms with Gasteiger partial charge < -0.3 is 19.9 Å². The van der Waals surface area contributed by atoms with Crippen LogP contribution in [0.5, 0.6) is 11.5 Å². The van der Waals surface area contributed by atoms with Gasteiger partial charge in [-0.15, -0.1) is 0 Å². The summed E-state index contributed by atoms with van der Waals surface area (Å²) in [5, 5.41) is 12.5. The highest BCUT2D eigenvalue weighted by Crippen LogP contribution is 2.32. The number of amidine groups is 1. The summed E-state index contributed by atoms with van der Waals surface area (Å²) in [5.74, 6) is -0.425. The quantitative estimate of drug-likeness (QED) is 0.592. The smallest absolute Gasteiger partial charge is 0.325 e. The number of carbonyl (C=O) groups excluding carboxylic acids is 1. The summed E-state index contributed by atoms with van der Waals surface area (Å²) in [5.41, 5.74) is 1.49. The van der Waals surface area contributed by atoms with Gasteiger partial charge in [0.2, 0.25) is 0 Å². The first-order valence-corrected chi connectivity index (χ1v) is 10.1. The van der Waals surface area contributed by atoms with Crippen LogP contribution in [-0.2, 0) is 16.2 Å². The number of halogens is 2. The van der Waals surface area contributed by atoms with Gasteiger partial charge >= 0.3 is 5.97 Å². The second-order valence-corrected chi connectivity index (χ2v) is 7.89. The van der Waals surface area contributed by atoms with E-state index < -0.39 is 12.5 Å². The van der Waals surface area contributed by atoms with Crippen molar-refractivity contribution in [2.24, 2.45) is 4.99 Å². The van der Waals surface area contributed by atoms with Crippen molar-refractivity contribution in [1.82, 2.24) is 5.32 Å². The maximum Gasteiger partial charge on any atom is 0.325 e. The van der Waals surface area contributed by atoms with Gasteiger partial charge in [-0.25, -0.2) is 0 Å². The molecule has 30 heavy (non-hydrogen) atoms. The molecule has 3 rings (SSSR count). The summed E-state index contributed by atoms with van der Waals surface area (Å²) in [6.07, 6.45) is 1.66. The molecule has 0 radical (unpaired) electrons. The number of methoxy groups -OCH3 is 1. The van der Waals surface area contributed by atoms with Crippen molar-refractivity contribution in [1.29, 1.82) is 0 Å². The molecular formula is C20H16Cl2N2O5S. The Labute approximate surface area is 186 Å². The van der Waals surface area contributed by atoms with Gasteiger partial charge in [0.25, 0.3) is 5.91 Å². The van der Waals surface area contributed by atoms with Crippen LogP contribution in [0, 0.1) is 0 Å². The van der Waals surface area contributed by atoms with Crippen LogP contribution in [0.15, 0.2) is 46.3 Å². The number of hydrogen-bond acceptors (Lipinski definition) is 6. The zero-order valence-electron chi connectivity index (χ0n) is 15.6. The Morgan fingerprint density at radius 2 is 2.03 bits per heavy atom. The number of benzene rings is 2. The summed E-state index contributed by atoms with van der Waals surface area (Å²) >= 11 is 13.1. The molecule has 0 bridgehead atoms. The SMILES string of the molecule is COc1cc(C=C2SC(=NCC(=O)O)NC2=O)ccc1OCc1ccc(Cl)cc1Cl. The summed E-state index contributed by atoms with van der Waals surface area (Å²) in [6.45, 7) is -0.179. The summed E-state index contributed by atoms with van der Waals surface area (Å²) in [7, 11) is 1.52. The maximum atomic E-state index is 12.1. The van der Waals surface area contributed by atoms with Gasteiger partial charge in [0.15, 0.2) is 16.7 Å². The Bertz CT molecular complexity index is 1060. The van der Waals surface area contributed by atoms with E-state index in [1.165, 1.54) is 7.11 Å². The van der Waals surface area contributed by atoms with Crippen LogP contribution in [0.1, 0.15) is 11.1 Å². The molecule has 7 nitrogen and oxygen atoms in total. The number of nitrogens with zero attached hydrogens (tertiary/aromatic N) is 1. The molecule has 2 aromatic carbocycles. The van der Waals surface area contributed by atoms with E-state index in [1.54, 1.807) is 42.5 Å². The number of carbonyl (C=O) groups is 2. The van der Waals surface area contributed by atoms with Crippen molar-refractivity contribution in [3.05, 3.63) is 62.5 Å². The molecule has 0 spiro atoms. The molecule has 1 saturated heterocycles. The van der Waals surface area contributed by atoms with Crippen molar-refractivity contribution in [2.75, 3.05) is 13.7 Å². The topological polar surface area (TPSA) is 97.2 Å². The minimum atomic E-state index is -1.07. The molecule has 2 N–H and O–H groups in total. The van der Waals surface area contributed by atoms with Gasteiger partial charge in [0, 0.05) is 15.6 Å². The number of amides is 1. The average molecular weight is 467 g/mol. The lowest BCUT2D eigenvalue weighted by atomic mass is 10.2. The zero-order valence-corrected chi connectivity index (χ0v) is 18.0. The van der Waals surface area contributed by atoms with Gasteiger partial charge in [-0.3, -0.25) is 14.6 Å². The Kier molecular flexibility index (Phi) is 7.25. The molecular weight excluding hydrogens is 451 g/mol. The molecule has 1 fully saturated rings. The fourth-order valence-electron chi connectivity index (χ4n) is 2.48. The highest BCUT2D eigenvalue weighted by Gasteiger charge is 2.24. The Hall–Kier alpha value is -2.68. The first-order valence-electron chi connectivity index (χ1n) is 8.57. The summed E-state index contributed by atoms with van der Waals surface area (Å²) < 4.78 is 11.2. The number of aliphatic imine (C=N–C) groups is 1. The zero-order chi connectivity index (χ0) is 21.7. The van der Waals surface area contributed by atoms with E-state index in [1.807, 2.05) is 0 Å². The molecule has 2 aromatic rings. The van der Waals surface area contributed by atoms with E-state index >= 15 is 0 Å². The van der Waals surface area contributed by atoms with Crippen molar-refractivity contribution in [2.45, 2.75) is 6.61 Å². The minimum absolute atomic E-state index is 0.231. The van der Waals surface area contributed by atoms with Gasteiger partial charge in [0.05, 0.1) is 12.0 Å². The van der Waals surface area contributed by atoms with Crippen LogP contribution in [-0.4, -0.2) is 35.8 Å². The molecule has 1 amide bonds. The van der Waals surface area contributed by atoms with Crippen LogP contribution >= 0.6 is 35.0 Å². The van der Waals surface area contributed by atoms with Gasteiger partial charge in [0.1, 0.15) is 13.2 Å². The first-order chi connectivity index (χ1) is 14.4. The predicted molar refractivity (Wildman–Crippen MR) is 117 cm³/mol. The average Bonchev–Trinajstić information content (AvgIpc) is 3.05. The number of rotatable bonds is 7. The molecule has 0 atom stereocenters. The van der Waals surface area contributed by atoms with E-state index in [0.29, 0.717) is 32.0 Å². The Morgan fingerprint density at radius 1 is 1.23 bits per heavy atom. The van der Waals surface area contributed by atoms with E-state index in [2.05, 4.69) is 10.3 Å². The molecule has 1 aliphatic rings. The highest BCUT2D eigenvalue weighted by atomic mass is 35.5. The molecule has 1 heterocycles. The highest BCUT2D eigenvalue weighted by molar-refractivity contribution is 8.18. The van der Waals surface area contributed by atoms with Crippen LogP contribution in [0.4, 0.5) is 0 Å². The van der Waals surface area contributed by atoms with Crippen LogP contribution in [0.25, 0.3) is 6.08 Å². The minimum Gasteiger partial charge on any atom is -0.493 e. The fourth-order valence-corrected chi connectivity index (χ4v) is 3.76. The summed E-state index contributed by atoms with van der Waals surface area (Å²) in [6, 6.07) is 10.4. The number of aliphatic carboxylic acids is 1. The lowest BCUT2D eigenvalue weighted by molar-refractivity contribution is -0.135. The number of thioether (sulfide) groups is 1. The normalized spacial score (nSPS) is 16.0. The largest absolute Gasteiger partial charge is 0.493 e. The van der Waals surface area contributed by atoms with Gasteiger partial charge in [-0.1, -0.05) is 35.3 Å². The molecule has 0 saturated carbocycles. The fraction of sp³-hybridized carbons (Fsp3) is 0.150. The lowest BCUT2D eigenvalue weighted by Gasteiger charge is -2.12. The number of carboxylic acid groups (broad SMARTS) is 1. The van der Waals surface area contributed by atoms with E-state index in [0.717, 1.165) is 17.3 Å². The monoisotopic (exact) mass is 466 g/mol. The number of hydrogen-bond donors (Lipinski definition) is 2. The van der Waals surface area contributed by atoms with E-state index in [9.17, 15) is 9.59 Å². The van der Waals surface area contributed by atoms with Crippen molar-refractivity contribution >= 4 is 58.1 Å². The van der Waals surface area contributed by atoms with Gasteiger partial charge in [-0.05, 0) is 47.7 Å². The third-order valence-corrected chi connectivity index (χ3v) is 5.43. The van der Waals surface area contributed by atoms with Crippen LogP contribution < -0.4 is 14.8 Å². The van der Waals surface area contributed by atoms with Crippen molar-refractivity contribution < 1.29 is 24.2 Å². The lowest BCUT2D eigenvalue weighted by Crippen LogP contribution is -2.20. The molecule has 10 heteroatoms. The van der Waals surface area contributed by atoms with E-state index in [4.69, 9.17) is 37.8 Å². The molecule has 0 unspecified atom stereocenters. The predicted octanol–water partition coefficient (Wildman–Crippen LogP) is 4.23. The second-order valence-electron chi connectivity index (χ2n) is 6.01. The standard InChI is InChI=1S/C20H16Cl2N2O5S/c1-28-16-6-11(7-17-19(27)24-20(30-17)23-9-18(25)26)2-5-15(16)29-10-12-3-4-13(21)8-14(12)22/h2-8H,9-10H2,1H3,(H,25,26)(H,23,24,27). The van der Waals surface area contributed by atoms with Gasteiger partial charge in [-0.2, -0.15) is 0 Å². The number of ether oxygens (including phenoxy) is 2. The number of nitrogens with one attached hydrogen (secondary N) is 1. The van der Waals surface area contributed by atoms with Crippen molar-refractivity contribution in [3.63, 3.8) is 0 Å². The Balaban J connectivity index is 1.74. The third-order valence-electron chi connectivity index (χ3n) is 3.89. The Morgan fingerprint density at radius 3 is 2.73 bits per heavy atom.